The van der Waals surface area contributed by atoms with Crippen molar-refractivity contribution in [3.05, 3.63) is 56.9 Å². The molecule has 6 heteroatoms. The zero-order valence-corrected chi connectivity index (χ0v) is 12.2. The summed E-state index contributed by atoms with van der Waals surface area (Å²) in [6, 6.07) is 6.51. The number of non-ortho nitro benzene ring substituents is 1. The number of aromatic nitrogens is 2. The van der Waals surface area contributed by atoms with Crippen molar-refractivity contribution in [1.82, 2.24) is 9.78 Å². The molecule has 21 heavy (non-hydrogen) atoms. The van der Waals surface area contributed by atoms with Crippen molar-refractivity contribution >= 4 is 5.69 Å². The van der Waals surface area contributed by atoms with Crippen LogP contribution in [0.5, 0.6) is 0 Å². The van der Waals surface area contributed by atoms with Crippen LogP contribution in [0, 0.1) is 10.1 Å². The molecule has 6 nitrogen and oxygen atoms in total. The molecule has 0 spiro atoms. The van der Waals surface area contributed by atoms with Crippen molar-refractivity contribution in [3.8, 4) is 0 Å². The summed E-state index contributed by atoms with van der Waals surface area (Å²) in [6.07, 6.45) is 2.46. The lowest BCUT2D eigenvalue weighted by molar-refractivity contribution is -0.384. The van der Waals surface area contributed by atoms with E-state index in [9.17, 15) is 15.2 Å². The number of aliphatic hydroxyl groups is 1. The lowest BCUT2D eigenvalue weighted by Crippen LogP contribution is -2.01. The van der Waals surface area contributed by atoms with Gasteiger partial charge in [-0.1, -0.05) is 25.5 Å². The fraction of sp³-hybridized carbons (Fsp3) is 0.400. The van der Waals surface area contributed by atoms with E-state index in [0.717, 1.165) is 35.4 Å². The molecule has 0 aliphatic heterocycles. The monoisotopic (exact) mass is 289 g/mol. The third-order valence-corrected chi connectivity index (χ3v) is 3.52. The minimum absolute atomic E-state index is 0.0600. The van der Waals surface area contributed by atoms with E-state index in [1.807, 2.05) is 7.05 Å². The molecule has 112 valence electrons. The smallest absolute Gasteiger partial charge is 0.269 e. The number of rotatable bonds is 6. The molecule has 2 aromatic rings. The van der Waals surface area contributed by atoms with Gasteiger partial charge in [0.25, 0.3) is 5.69 Å². The maximum Gasteiger partial charge on any atom is 0.269 e. The molecule has 0 saturated carbocycles. The molecule has 0 aliphatic rings. The van der Waals surface area contributed by atoms with Crippen molar-refractivity contribution < 1.29 is 10.0 Å². The van der Waals surface area contributed by atoms with Gasteiger partial charge in [-0.05, 0) is 12.0 Å². The Balaban J connectivity index is 2.31. The molecule has 0 saturated heterocycles. The van der Waals surface area contributed by atoms with Crippen molar-refractivity contribution in [1.29, 1.82) is 0 Å². The Hall–Kier alpha value is -2.21. The van der Waals surface area contributed by atoms with E-state index in [1.54, 1.807) is 16.8 Å². The highest BCUT2D eigenvalue weighted by molar-refractivity contribution is 5.37. The van der Waals surface area contributed by atoms with Crippen molar-refractivity contribution in [3.63, 3.8) is 0 Å². The summed E-state index contributed by atoms with van der Waals surface area (Å²) in [7, 11) is 1.82. The molecule has 0 atom stereocenters. The van der Waals surface area contributed by atoms with Crippen molar-refractivity contribution in [2.24, 2.45) is 7.05 Å². The highest BCUT2D eigenvalue weighted by Crippen LogP contribution is 2.21. The zero-order valence-electron chi connectivity index (χ0n) is 12.2. The first kappa shape index (κ1) is 15.2. The first-order chi connectivity index (χ1) is 10.1. The fourth-order valence-corrected chi connectivity index (χ4v) is 2.44. The summed E-state index contributed by atoms with van der Waals surface area (Å²) in [4.78, 5) is 10.3. The fourth-order valence-electron chi connectivity index (χ4n) is 2.44. The third kappa shape index (κ3) is 3.28. The lowest BCUT2D eigenvalue weighted by atomic mass is 10.0. The van der Waals surface area contributed by atoms with E-state index in [4.69, 9.17) is 0 Å². The van der Waals surface area contributed by atoms with Crippen LogP contribution >= 0.6 is 0 Å². The molecular formula is C15H19N3O3. The summed E-state index contributed by atoms with van der Waals surface area (Å²) in [6.45, 7) is 2.03. The van der Waals surface area contributed by atoms with E-state index < -0.39 is 4.92 Å². The van der Waals surface area contributed by atoms with E-state index >= 15 is 0 Å². The van der Waals surface area contributed by atoms with Crippen LogP contribution in [0.2, 0.25) is 0 Å². The van der Waals surface area contributed by atoms with Crippen molar-refractivity contribution in [2.45, 2.75) is 32.8 Å². The number of nitrogens with zero attached hydrogens (tertiary/aromatic N) is 3. The lowest BCUT2D eigenvalue weighted by Gasteiger charge is -2.05. The van der Waals surface area contributed by atoms with Gasteiger partial charge < -0.3 is 5.11 Å². The second kappa shape index (κ2) is 6.49. The number of benzene rings is 1. The Kier molecular flexibility index (Phi) is 4.70. The first-order valence-corrected chi connectivity index (χ1v) is 6.94. The van der Waals surface area contributed by atoms with Crippen molar-refractivity contribution in [2.75, 3.05) is 0 Å². The van der Waals surface area contributed by atoms with E-state index in [0.29, 0.717) is 6.42 Å². The number of aliphatic hydroxyl groups excluding tert-OH is 1. The van der Waals surface area contributed by atoms with Crippen LogP contribution in [0.3, 0.4) is 0 Å². The van der Waals surface area contributed by atoms with E-state index in [2.05, 4.69) is 12.0 Å². The van der Waals surface area contributed by atoms with Gasteiger partial charge in [-0.2, -0.15) is 5.10 Å². The molecule has 0 aliphatic carbocycles. The SMILES string of the molecule is CCCc1nn(C)c(CO)c1Cc1ccc([N+](=O)[O-])cc1. The first-order valence-electron chi connectivity index (χ1n) is 6.94. The molecule has 0 unspecified atom stereocenters. The average molecular weight is 289 g/mol. The Bertz CT molecular complexity index is 632. The number of nitro benzene ring substituents is 1. The summed E-state index contributed by atoms with van der Waals surface area (Å²) >= 11 is 0. The minimum Gasteiger partial charge on any atom is -0.390 e. The van der Waals surface area contributed by atoms with Gasteiger partial charge in [0.2, 0.25) is 0 Å². The molecule has 1 N–H and O–H groups in total. The Labute approximate surface area is 123 Å². The minimum atomic E-state index is -0.407. The molecule has 1 heterocycles. The molecule has 0 radical (unpaired) electrons. The van der Waals surface area contributed by atoms with Crippen LogP contribution in [0.25, 0.3) is 0 Å². The largest absolute Gasteiger partial charge is 0.390 e. The molecule has 2 rings (SSSR count). The summed E-state index contributed by atoms with van der Waals surface area (Å²) in [5.41, 5.74) is 3.87. The topological polar surface area (TPSA) is 81.2 Å². The second-order valence-corrected chi connectivity index (χ2v) is 5.00. The van der Waals surface area contributed by atoms with Gasteiger partial charge in [-0.25, -0.2) is 0 Å². The van der Waals surface area contributed by atoms with Gasteiger partial charge in [0.15, 0.2) is 0 Å². The number of hydrogen-bond acceptors (Lipinski definition) is 4. The quantitative estimate of drug-likeness (QED) is 0.654. The molecule has 1 aromatic heterocycles. The van der Waals surface area contributed by atoms with Crippen LogP contribution in [-0.4, -0.2) is 19.8 Å². The number of nitro groups is 1. The zero-order chi connectivity index (χ0) is 15.4. The second-order valence-electron chi connectivity index (χ2n) is 5.00. The summed E-state index contributed by atoms with van der Waals surface area (Å²) in [5, 5.41) is 24.7. The van der Waals surface area contributed by atoms with Gasteiger partial charge in [0.1, 0.15) is 0 Å². The molecule has 0 amide bonds. The van der Waals surface area contributed by atoms with Crippen LogP contribution in [0.15, 0.2) is 24.3 Å². The number of hydrogen-bond donors (Lipinski definition) is 1. The Morgan fingerprint density at radius 1 is 1.33 bits per heavy atom. The molecular weight excluding hydrogens is 270 g/mol. The average Bonchev–Trinajstić information content (AvgIpc) is 2.75. The highest BCUT2D eigenvalue weighted by atomic mass is 16.6. The molecule has 1 aromatic carbocycles. The maximum absolute atomic E-state index is 10.7. The standard InChI is InChI=1S/C15H19N3O3/c1-3-4-14-13(15(10-19)17(2)16-14)9-11-5-7-12(8-6-11)18(20)21/h5-8,19H,3-4,9-10H2,1-2H3. The van der Waals surface area contributed by atoms with Gasteiger partial charge in [-0.15, -0.1) is 0 Å². The van der Waals surface area contributed by atoms with E-state index in [-0.39, 0.29) is 12.3 Å². The Morgan fingerprint density at radius 2 is 2.00 bits per heavy atom. The van der Waals surface area contributed by atoms with E-state index in [1.165, 1.54) is 12.1 Å². The predicted octanol–water partition coefficient (Wildman–Crippen LogP) is 2.36. The highest BCUT2D eigenvalue weighted by Gasteiger charge is 2.15. The van der Waals surface area contributed by atoms with Gasteiger partial charge >= 0.3 is 0 Å². The summed E-state index contributed by atoms with van der Waals surface area (Å²) < 4.78 is 1.71. The molecule has 0 fully saturated rings. The van der Waals surface area contributed by atoms with Gasteiger partial charge in [0.05, 0.1) is 22.9 Å². The predicted molar refractivity (Wildman–Crippen MR) is 79.0 cm³/mol. The third-order valence-electron chi connectivity index (χ3n) is 3.52. The normalized spacial score (nSPS) is 10.8. The van der Waals surface area contributed by atoms with Crippen LogP contribution < -0.4 is 0 Å². The van der Waals surface area contributed by atoms with Crippen LogP contribution in [0.4, 0.5) is 5.69 Å². The van der Waals surface area contributed by atoms with Gasteiger partial charge in [-0.3, -0.25) is 14.8 Å². The molecule has 0 bridgehead atoms. The van der Waals surface area contributed by atoms with Crippen LogP contribution in [0.1, 0.15) is 35.9 Å². The number of aryl methyl sites for hydroxylation is 2. The Morgan fingerprint density at radius 3 is 2.52 bits per heavy atom. The maximum atomic E-state index is 10.7. The van der Waals surface area contributed by atoms with Gasteiger partial charge in [0, 0.05) is 31.2 Å². The van der Waals surface area contributed by atoms with Crippen LogP contribution in [-0.2, 0) is 26.5 Å². The summed E-state index contributed by atoms with van der Waals surface area (Å²) in [5.74, 6) is 0.